The number of fused-ring (bicyclic) bond motifs is 1. The smallest absolute Gasteiger partial charge is 0.267 e. The zero-order chi connectivity index (χ0) is 15.6. The second-order valence-corrected chi connectivity index (χ2v) is 4.84. The molecule has 1 aliphatic rings. The van der Waals surface area contributed by atoms with Crippen LogP contribution in [0.2, 0.25) is 0 Å². The fourth-order valence-corrected chi connectivity index (χ4v) is 2.13. The molecule has 0 spiro atoms. The SMILES string of the molecule is C[C@H](Oc1ccc2c(c1)OCO2)c1nc(-c2cccnn2)no1. The summed E-state index contributed by atoms with van der Waals surface area (Å²) in [6, 6.07) is 8.86. The molecule has 0 N–H and O–H groups in total. The van der Waals surface area contributed by atoms with Crippen LogP contribution in [0.4, 0.5) is 0 Å². The van der Waals surface area contributed by atoms with Gasteiger partial charge in [0.25, 0.3) is 5.89 Å². The summed E-state index contributed by atoms with van der Waals surface area (Å²) in [7, 11) is 0. The van der Waals surface area contributed by atoms with Crippen LogP contribution < -0.4 is 14.2 Å². The lowest BCUT2D eigenvalue weighted by Gasteiger charge is -2.10. The number of nitrogens with zero attached hydrogens (tertiary/aromatic N) is 4. The van der Waals surface area contributed by atoms with Crippen molar-refractivity contribution in [3.63, 3.8) is 0 Å². The topological polar surface area (TPSA) is 92.4 Å². The largest absolute Gasteiger partial charge is 0.481 e. The van der Waals surface area contributed by atoms with Crippen LogP contribution in [0.15, 0.2) is 41.1 Å². The molecule has 8 heteroatoms. The molecule has 1 aromatic carbocycles. The Morgan fingerprint density at radius 2 is 2.09 bits per heavy atom. The lowest BCUT2D eigenvalue weighted by Crippen LogP contribution is -2.03. The maximum Gasteiger partial charge on any atom is 0.267 e. The van der Waals surface area contributed by atoms with Gasteiger partial charge in [0.2, 0.25) is 12.6 Å². The minimum absolute atomic E-state index is 0.222. The van der Waals surface area contributed by atoms with Crippen molar-refractivity contribution >= 4 is 0 Å². The number of benzene rings is 1. The van der Waals surface area contributed by atoms with Gasteiger partial charge in [-0.1, -0.05) is 5.16 Å². The van der Waals surface area contributed by atoms with Crippen molar-refractivity contribution in [2.75, 3.05) is 6.79 Å². The lowest BCUT2D eigenvalue weighted by molar-refractivity contribution is 0.170. The van der Waals surface area contributed by atoms with Gasteiger partial charge in [-0.15, -0.1) is 5.10 Å². The van der Waals surface area contributed by atoms with E-state index < -0.39 is 6.10 Å². The minimum atomic E-state index is -0.423. The molecule has 3 aromatic rings. The minimum Gasteiger partial charge on any atom is -0.481 e. The molecule has 1 atom stereocenters. The standard InChI is InChI=1S/C15H12N4O4/c1-9(22-10-4-5-12-13(7-10)21-8-20-12)15-17-14(19-23-15)11-3-2-6-16-18-11/h2-7,9H,8H2,1H3/t9-/m0/s1. The third-order valence-corrected chi connectivity index (χ3v) is 3.25. The summed E-state index contributed by atoms with van der Waals surface area (Å²) in [4.78, 5) is 4.29. The Balaban J connectivity index is 1.51. The average molecular weight is 312 g/mol. The van der Waals surface area contributed by atoms with E-state index in [0.29, 0.717) is 34.7 Å². The quantitative estimate of drug-likeness (QED) is 0.725. The Hall–Kier alpha value is -3.16. The second-order valence-electron chi connectivity index (χ2n) is 4.84. The van der Waals surface area contributed by atoms with E-state index >= 15 is 0 Å². The van der Waals surface area contributed by atoms with Crippen LogP contribution in [-0.4, -0.2) is 27.1 Å². The first-order valence-electron chi connectivity index (χ1n) is 6.97. The molecule has 3 heterocycles. The predicted molar refractivity (Wildman–Crippen MR) is 76.9 cm³/mol. The first-order valence-corrected chi connectivity index (χ1v) is 6.97. The number of hydrogen-bond donors (Lipinski definition) is 0. The van der Waals surface area contributed by atoms with Crippen LogP contribution in [0, 0.1) is 0 Å². The molecule has 0 saturated heterocycles. The van der Waals surface area contributed by atoms with Gasteiger partial charge in [-0.05, 0) is 31.2 Å². The van der Waals surface area contributed by atoms with E-state index in [1.807, 2.05) is 6.92 Å². The Morgan fingerprint density at radius 1 is 1.17 bits per heavy atom. The summed E-state index contributed by atoms with van der Waals surface area (Å²) < 4.78 is 21.6. The Morgan fingerprint density at radius 3 is 2.96 bits per heavy atom. The molecule has 4 rings (SSSR count). The first kappa shape index (κ1) is 13.5. The normalized spacial score (nSPS) is 13.8. The molecule has 0 amide bonds. The first-order chi connectivity index (χ1) is 11.3. The highest BCUT2D eigenvalue weighted by Gasteiger charge is 2.19. The van der Waals surface area contributed by atoms with E-state index in [1.165, 1.54) is 0 Å². The Labute approximate surface area is 131 Å². The molecule has 0 saturated carbocycles. The number of ether oxygens (including phenoxy) is 3. The van der Waals surface area contributed by atoms with Gasteiger partial charge >= 0.3 is 0 Å². The number of aromatic nitrogens is 4. The highest BCUT2D eigenvalue weighted by atomic mass is 16.7. The van der Waals surface area contributed by atoms with E-state index in [0.717, 1.165) is 0 Å². The second kappa shape index (κ2) is 5.56. The number of hydrogen-bond acceptors (Lipinski definition) is 8. The van der Waals surface area contributed by atoms with Crippen LogP contribution in [0.25, 0.3) is 11.5 Å². The molecule has 0 bridgehead atoms. The van der Waals surface area contributed by atoms with Gasteiger partial charge in [-0.25, -0.2) is 0 Å². The lowest BCUT2D eigenvalue weighted by atomic mass is 10.3. The molecule has 0 unspecified atom stereocenters. The summed E-state index contributed by atoms with van der Waals surface area (Å²) in [6.07, 6.45) is 1.16. The highest BCUT2D eigenvalue weighted by molar-refractivity contribution is 5.47. The van der Waals surface area contributed by atoms with Crippen molar-refractivity contribution in [2.24, 2.45) is 0 Å². The third-order valence-electron chi connectivity index (χ3n) is 3.25. The zero-order valence-corrected chi connectivity index (χ0v) is 12.2. The maximum atomic E-state index is 5.81. The average Bonchev–Trinajstić information content (AvgIpc) is 3.24. The zero-order valence-electron chi connectivity index (χ0n) is 12.2. The van der Waals surface area contributed by atoms with E-state index in [9.17, 15) is 0 Å². The Kier molecular flexibility index (Phi) is 3.26. The van der Waals surface area contributed by atoms with Gasteiger partial charge in [0, 0.05) is 12.3 Å². The summed E-state index contributed by atoms with van der Waals surface area (Å²) >= 11 is 0. The van der Waals surface area contributed by atoms with Gasteiger partial charge in [0.05, 0.1) is 0 Å². The Bertz CT molecular complexity index is 821. The molecule has 1 aliphatic heterocycles. The van der Waals surface area contributed by atoms with Gasteiger partial charge in [0.1, 0.15) is 11.4 Å². The van der Waals surface area contributed by atoms with Crippen molar-refractivity contribution in [3.05, 3.63) is 42.4 Å². The van der Waals surface area contributed by atoms with Crippen molar-refractivity contribution in [3.8, 4) is 28.8 Å². The van der Waals surface area contributed by atoms with Crippen LogP contribution in [-0.2, 0) is 0 Å². The fraction of sp³-hybridized carbons (Fsp3) is 0.200. The monoisotopic (exact) mass is 312 g/mol. The molecular formula is C15H12N4O4. The van der Waals surface area contributed by atoms with Crippen LogP contribution in [0.5, 0.6) is 17.2 Å². The molecule has 8 nitrogen and oxygen atoms in total. The van der Waals surface area contributed by atoms with Crippen molar-refractivity contribution in [2.45, 2.75) is 13.0 Å². The molecular weight excluding hydrogens is 300 g/mol. The summed E-state index contributed by atoms with van der Waals surface area (Å²) in [5, 5.41) is 11.6. The number of rotatable bonds is 4. The van der Waals surface area contributed by atoms with Crippen LogP contribution in [0.3, 0.4) is 0 Å². The highest BCUT2D eigenvalue weighted by Crippen LogP contribution is 2.36. The summed E-state index contributed by atoms with van der Waals surface area (Å²) in [5.41, 5.74) is 0.540. The maximum absolute atomic E-state index is 5.81. The van der Waals surface area contributed by atoms with E-state index in [4.69, 9.17) is 18.7 Å². The molecule has 2 aromatic heterocycles. The predicted octanol–water partition coefficient (Wildman–Crippen LogP) is 2.40. The van der Waals surface area contributed by atoms with Crippen LogP contribution >= 0.6 is 0 Å². The molecule has 116 valence electrons. The van der Waals surface area contributed by atoms with Crippen molar-refractivity contribution in [1.29, 1.82) is 0 Å². The van der Waals surface area contributed by atoms with Crippen molar-refractivity contribution < 1.29 is 18.7 Å². The van der Waals surface area contributed by atoms with Gasteiger partial charge in [-0.3, -0.25) is 0 Å². The molecule has 0 radical (unpaired) electrons. The van der Waals surface area contributed by atoms with Gasteiger partial charge < -0.3 is 18.7 Å². The van der Waals surface area contributed by atoms with Gasteiger partial charge in [0.15, 0.2) is 17.6 Å². The molecule has 0 fully saturated rings. The van der Waals surface area contributed by atoms with Gasteiger partial charge in [-0.2, -0.15) is 10.1 Å². The summed E-state index contributed by atoms with van der Waals surface area (Å²) in [6.45, 7) is 2.04. The summed E-state index contributed by atoms with van der Waals surface area (Å²) in [5.74, 6) is 2.70. The molecule has 0 aliphatic carbocycles. The van der Waals surface area contributed by atoms with E-state index in [-0.39, 0.29) is 6.79 Å². The molecule has 23 heavy (non-hydrogen) atoms. The third kappa shape index (κ3) is 2.66. The fourth-order valence-electron chi connectivity index (χ4n) is 2.13. The van der Waals surface area contributed by atoms with Crippen molar-refractivity contribution in [1.82, 2.24) is 20.3 Å². The van der Waals surface area contributed by atoms with E-state index in [2.05, 4.69) is 20.3 Å². The van der Waals surface area contributed by atoms with Crippen LogP contribution in [0.1, 0.15) is 18.9 Å². The van der Waals surface area contributed by atoms with E-state index in [1.54, 1.807) is 36.5 Å².